The van der Waals surface area contributed by atoms with Crippen molar-refractivity contribution in [1.29, 1.82) is 0 Å². The molecule has 5 rings (SSSR count). The van der Waals surface area contributed by atoms with Gasteiger partial charge in [0.15, 0.2) is 11.6 Å². The Hall–Kier alpha value is -2.31. The molecule has 0 N–H and O–H groups in total. The van der Waals surface area contributed by atoms with Gasteiger partial charge in [-0.1, -0.05) is 20.8 Å². The van der Waals surface area contributed by atoms with Gasteiger partial charge in [-0.05, 0) is 20.3 Å². The van der Waals surface area contributed by atoms with Crippen LogP contribution in [-0.4, -0.2) is 45.1 Å². The second kappa shape index (κ2) is 5.86. The lowest BCUT2D eigenvalue weighted by Gasteiger charge is -2.57. The van der Waals surface area contributed by atoms with Crippen LogP contribution >= 0.6 is 0 Å². The van der Waals surface area contributed by atoms with Crippen LogP contribution in [0.5, 0.6) is 0 Å². The van der Waals surface area contributed by atoms with Crippen molar-refractivity contribution in [3.8, 4) is 0 Å². The molecular formula is C19H25FN6. The summed E-state index contributed by atoms with van der Waals surface area (Å²) in [6.45, 7) is 11.5. The minimum atomic E-state index is -0.343. The van der Waals surface area contributed by atoms with Crippen molar-refractivity contribution in [2.24, 2.45) is 0 Å². The van der Waals surface area contributed by atoms with Crippen LogP contribution in [0.15, 0.2) is 12.4 Å². The Morgan fingerprint density at radius 1 is 1.08 bits per heavy atom. The fraction of sp³-hybridized carbons (Fsp3) is 0.579. The third-order valence-electron chi connectivity index (χ3n) is 5.20. The van der Waals surface area contributed by atoms with Crippen LogP contribution in [0, 0.1) is 19.7 Å². The molecule has 0 aromatic carbocycles. The number of nitrogens with zero attached hydrogens (tertiary/aromatic N) is 6. The normalized spacial score (nSPS) is 22.4. The van der Waals surface area contributed by atoms with Crippen LogP contribution in [0.2, 0.25) is 0 Å². The lowest BCUT2D eigenvalue weighted by atomic mass is 9.86. The predicted molar refractivity (Wildman–Crippen MR) is 99.1 cm³/mol. The molecule has 138 valence electrons. The monoisotopic (exact) mass is 356 g/mol. The molecule has 0 amide bonds. The van der Waals surface area contributed by atoms with Crippen LogP contribution < -0.4 is 9.80 Å². The third kappa shape index (κ3) is 2.79. The zero-order valence-corrected chi connectivity index (χ0v) is 16.0. The summed E-state index contributed by atoms with van der Waals surface area (Å²) >= 11 is 0. The Morgan fingerprint density at radius 3 is 2.38 bits per heavy atom. The van der Waals surface area contributed by atoms with Crippen LogP contribution in [-0.2, 0) is 5.41 Å². The first-order chi connectivity index (χ1) is 12.2. The van der Waals surface area contributed by atoms with Crippen LogP contribution in [0.25, 0.3) is 0 Å². The molecular weight excluding hydrogens is 331 g/mol. The number of fused-ring (bicyclic) bond motifs is 2. The Morgan fingerprint density at radius 2 is 1.77 bits per heavy atom. The first-order valence-corrected chi connectivity index (χ1v) is 9.10. The summed E-state index contributed by atoms with van der Waals surface area (Å²) in [5.74, 6) is 1.91. The molecule has 2 bridgehead atoms. The van der Waals surface area contributed by atoms with Crippen molar-refractivity contribution in [3.63, 3.8) is 0 Å². The highest BCUT2D eigenvalue weighted by Crippen LogP contribution is 2.39. The number of piperidine rings is 1. The molecule has 6 nitrogen and oxygen atoms in total. The van der Waals surface area contributed by atoms with Gasteiger partial charge in [0, 0.05) is 30.3 Å². The molecule has 3 aliphatic rings. The highest BCUT2D eigenvalue weighted by atomic mass is 19.1. The van der Waals surface area contributed by atoms with Crippen LogP contribution in [0.3, 0.4) is 0 Å². The van der Waals surface area contributed by atoms with Crippen molar-refractivity contribution < 1.29 is 4.39 Å². The minimum Gasteiger partial charge on any atom is -0.352 e. The lowest BCUT2D eigenvalue weighted by Crippen LogP contribution is -2.69. The Labute approximate surface area is 153 Å². The van der Waals surface area contributed by atoms with E-state index in [0.717, 1.165) is 36.8 Å². The first kappa shape index (κ1) is 17.1. The van der Waals surface area contributed by atoms with Crippen LogP contribution in [0.4, 0.5) is 16.0 Å². The smallest absolute Gasteiger partial charge is 0.187 e. The molecule has 2 atom stereocenters. The second-order valence-electron chi connectivity index (χ2n) is 8.38. The zero-order valence-electron chi connectivity index (χ0n) is 16.0. The molecule has 2 aromatic heterocycles. The van der Waals surface area contributed by atoms with Crippen molar-refractivity contribution >= 4 is 11.6 Å². The maximum Gasteiger partial charge on any atom is 0.187 e. The summed E-state index contributed by atoms with van der Waals surface area (Å²) in [7, 11) is 0. The molecule has 0 radical (unpaired) electrons. The van der Waals surface area contributed by atoms with E-state index in [2.05, 4.69) is 29.7 Å². The molecule has 3 aliphatic heterocycles. The molecule has 3 saturated heterocycles. The number of hydrogen-bond acceptors (Lipinski definition) is 6. The molecule has 5 heterocycles. The standard InChI is InChI=1S/C19H25FN6/c1-11-6-15(24-12(2)23-11)25-8-13-7-14(9-25)26(13)18-16(20)17(19(3,4)5)21-10-22-18/h6,10,13-14H,7-9H2,1-5H3. The maximum absolute atomic E-state index is 15.1. The van der Waals surface area contributed by atoms with E-state index in [9.17, 15) is 0 Å². The number of aryl methyl sites for hydroxylation is 2. The number of piperazine rings is 1. The van der Waals surface area contributed by atoms with Gasteiger partial charge in [-0.2, -0.15) is 0 Å². The quantitative estimate of drug-likeness (QED) is 0.825. The van der Waals surface area contributed by atoms with Gasteiger partial charge >= 0.3 is 0 Å². The number of rotatable bonds is 2. The Bertz CT molecular complexity index is 814. The fourth-order valence-corrected chi connectivity index (χ4v) is 4.07. The van der Waals surface area contributed by atoms with Crippen molar-refractivity contribution in [2.75, 3.05) is 22.9 Å². The number of anilines is 2. The molecule has 26 heavy (non-hydrogen) atoms. The van der Waals surface area contributed by atoms with E-state index in [1.807, 2.05) is 40.7 Å². The van der Waals surface area contributed by atoms with Gasteiger partial charge in [-0.15, -0.1) is 0 Å². The lowest BCUT2D eigenvalue weighted by molar-refractivity contribution is 0.283. The third-order valence-corrected chi connectivity index (χ3v) is 5.20. The van der Waals surface area contributed by atoms with Gasteiger partial charge in [0.05, 0.1) is 17.8 Å². The van der Waals surface area contributed by atoms with Crippen molar-refractivity contribution in [2.45, 2.75) is 58.5 Å². The summed E-state index contributed by atoms with van der Waals surface area (Å²) < 4.78 is 15.1. The molecule has 0 saturated carbocycles. The SMILES string of the molecule is Cc1cc(N2CC3CC(C2)N3c2ncnc(C(C)(C)C)c2F)nc(C)n1. The summed E-state index contributed by atoms with van der Waals surface area (Å²) in [4.78, 5) is 21.8. The largest absolute Gasteiger partial charge is 0.352 e. The van der Waals surface area contributed by atoms with Gasteiger partial charge < -0.3 is 9.80 Å². The van der Waals surface area contributed by atoms with E-state index in [4.69, 9.17) is 0 Å². The van der Waals surface area contributed by atoms with Gasteiger partial charge in [0.2, 0.25) is 0 Å². The maximum atomic E-state index is 15.1. The Balaban J connectivity index is 1.59. The number of halogens is 1. The van der Waals surface area contributed by atoms with E-state index < -0.39 is 0 Å². The summed E-state index contributed by atoms with van der Waals surface area (Å²) in [5, 5.41) is 0. The van der Waals surface area contributed by atoms with E-state index in [1.54, 1.807) is 0 Å². The molecule has 3 fully saturated rings. The van der Waals surface area contributed by atoms with E-state index in [-0.39, 0.29) is 23.3 Å². The van der Waals surface area contributed by atoms with Crippen molar-refractivity contribution in [1.82, 2.24) is 19.9 Å². The van der Waals surface area contributed by atoms with Gasteiger partial charge in [0.25, 0.3) is 0 Å². The fourth-order valence-electron chi connectivity index (χ4n) is 4.07. The van der Waals surface area contributed by atoms with Gasteiger partial charge in [0.1, 0.15) is 18.0 Å². The van der Waals surface area contributed by atoms with E-state index >= 15 is 4.39 Å². The predicted octanol–water partition coefficient (Wildman–Crippen LogP) is 2.79. The highest BCUT2D eigenvalue weighted by molar-refractivity contribution is 5.53. The van der Waals surface area contributed by atoms with Crippen LogP contribution in [0.1, 0.15) is 44.4 Å². The van der Waals surface area contributed by atoms with Gasteiger partial charge in [-0.25, -0.2) is 24.3 Å². The zero-order chi connectivity index (χ0) is 18.6. The summed E-state index contributed by atoms with van der Waals surface area (Å²) in [5.41, 5.74) is 1.11. The minimum absolute atomic E-state index is 0.251. The topological polar surface area (TPSA) is 58.0 Å². The summed E-state index contributed by atoms with van der Waals surface area (Å²) in [6.07, 6.45) is 2.55. The molecule has 0 aliphatic carbocycles. The Kier molecular flexibility index (Phi) is 3.86. The first-order valence-electron chi connectivity index (χ1n) is 9.10. The number of aromatic nitrogens is 4. The van der Waals surface area contributed by atoms with Gasteiger partial charge in [-0.3, -0.25) is 0 Å². The van der Waals surface area contributed by atoms with Crippen molar-refractivity contribution in [3.05, 3.63) is 35.4 Å². The average molecular weight is 356 g/mol. The molecule has 7 heteroatoms. The highest BCUT2D eigenvalue weighted by Gasteiger charge is 2.47. The average Bonchev–Trinajstić information content (AvgIpc) is 2.55. The second-order valence-corrected chi connectivity index (χ2v) is 8.38. The van der Waals surface area contributed by atoms with E-state index in [0.29, 0.717) is 11.5 Å². The molecule has 2 unspecified atom stereocenters. The number of hydrogen-bond donors (Lipinski definition) is 0. The summed E-state index contributed by atoms with van der Waals surface area (Å²) in [6, 6.07) is 2.52. The van der Waals surface area contributed by atoms with E-state index in [1.165, 1.54) is 6.33 Å². The molecule has 2 aromatic rings. The molecule has 0 spiro atoms.